The van der Waals surface area contributed by atoms with Crippen LogP contribution in [-0.4, -0.2) is 74.6 Å². The summed E-state index contributed by atoms with van der Waals surface area (Å²) in [7, 11) is 0. The van der Waals surface area contributed by atoms with Gasteiger partial charge in [0.05, 0.1) is 18.4 Å². The van der Waals surface area contributed by atoms with E-state index in [2.05, 4.69) is 20.3 Å². The highest BCUT2D eigenvalue weighted by atomic mass is 16.5. The Bertz CT molecular complexity index is 1230. The van der Waals surface area contributed by atoms with Gasteiger partial charge in [0.1, 0.15) is 11.2 Å². The van der Waals surface area contributed by atoms with Crippen molar-refractivity contribution in [3.05, 3.63) is 41.9 Å². The van der Waals surface area contributed by atoms with E-state index in [0.717, 1.165) is 5.56 Å². The number of carbonyl (C=O) groups excluding carboxylic acids is 2. The van der Waals surface area contributed by atoms with E-state index < -0.39 is 0 Å². The minimum absolute atomic E-state index is 0.230. The number of aromatic nitrogens is 4. The minimum atomic E-state index is -0.359. The Labute approximate surface area is 190 Å². The average Bonchev–Trinajstić information content (AvgIpc) is 3.32. The van der Waals surface area contributed by atoms with Gasteiger partial charge in [0.15, 0.2) is 11.5 Å². The zero-order chi connectivity index (χ0) is 23.2. The predicted octanol–water partition coefficient (Wildman–Crippen LogP) is 0.697. The molecule has 3 aromatic heterocycles. The third kappa shape index (κ3) is 4.19. The molecule has 2 aliphatic rings. The van der Waals surface area contributed by atoms with Crippen molar-refractivity contribution in [1.82, 2.24) is 24.5 Å². The first-order valence-corrected chi connectivity index (χ1v) is 10.9. The van der Waals surface area contributed by atoms with Gasteiger partial charge < -0.3 is 20.7 Å². The normalized spacial score (nSPS) is 17.6. The summed E-state index contributed by atoms with van der Waals surface area (Å²) in [5.41, 5.74) is 7.40. The Morgan fingerprint density at radius 2 is 2.03 bits per heavy atom. The molecule has 1 fully saturated rings. The van der Waals surface area contributed by atoms with Gasteiger partial charge in [0.2, 0.25) is 11.8 Å². The monoisotopic (exact) mass is 450 g/mol. The molecule has 5 rings (SSSR count). The van der Waals surface area contributed by atoms with Crippen molar-refractivity contribution < 1.29 is 14.3 Å². The maximum atomic E-state index is 13.2. The predicted molar refractivity (Wildman–Crippen MR) is 121 cm³/mol. The molecule has 11 nitrogen and oxygen atoms in total. The minimum Gasteiger partial charge on any atom is -0.471 e. The fourth-order valence-corrected chi connectivity index (χ4v) is 4.35. The van der Waals surface area contributed by atoms with Gasteiger partial charge in [-0.3, -0.25) is 14.5 Å². The molecule has 0 unspecified atom stereocenters. The third-order valence-electron chi connectivity index (χ3n) is 5.85. The molecule has 0 bridgehead atoms. The second kappa shape index (κ2) is 8.00. The van der Waals surface area contributed by atoms with Crippen LogP contribution in [0.4, 0.5) is 11.5 Å². The van der Waals surface area contributed by atoms with Gasteiger partial charge in [-0.15, -0.1) is 0 Å². The Balaban J connectivity index is 1.45. The molecule has 0 atom stereocenters. The molecular weight excluding hydrogens is 424 g/mol. The van der Waals surface area contributed by atoms with Crippen LogP contribution < -0.4 is 20.7 Å². The van der Waals surface area contributed by atoms with Crippen LogP contribution in [0.25, 0.3) is 5.65 Å². The number of carbonyl (C=O) groups is 2. The Hall–Kier alpha value is -3.73. The van der Waals surface area contributed by atoms with E-state index in [0.29, 0.717) is 61.2 Å². The number of rotatable bonds is 5. The van der Waals surface area contributed by atoms with Crippen LogP contribution in [0.15, 0.2) is 30.7 Å². The SMILES string of the molecule is CC1(C)Cc2cc(NC(=O)c3cnn4cccnc34)c(N3CCN(CC(N)=O)CC3)nc2O1. The van der Waals surface area contributed by atoms with Gasteiger partial charge in [-0.1, -0.05) is 0 Å². The van der Waals surface area contributed by atoms with Crippen molar-refractivity contribution in [3.8, 4) is 5.88 Å². The summed E-state index contributed by atoms with van der Waals surface area (Å²) in [4.78, 5) is 37.6. The molecule has 0 spiro atoms. The molecule has 3 aromatic rings. The van der Waals surface area contributed by atoms with Crippen LogP contribution >= 0.6 is 0 Å². The molecule has 11 heteroatoms. The Kier molecular flexibility index (Phi) is 5.12. The molecule has 3 N–H and O–H groups in total. The van der Waals surface area contributed by atoms with Crippen molar-refractivity contribution >= 4 is 29.0 Å². The van der Waals surface area contributed by atoms with E-state index >= 15 is 0 Å². The number of hydrogen-bond acceptors (Lipinski definition) is 8. The number of pyridine rings is 1. The molecule has 2 aliphatic heterocycles. The molecule has 0 radical (unpaired) electrons. The number of nitrogens with two attached hydrogens (primary N) is 1. The van der Waals surface area contributed by atoms with Gasteiger partial charge in [-0.2, -0.15) is 10.1 Å². The summed E-state index contributed by atoms with van der Waals surface area (Å²) >= 11 is 0. The van der Waals surface area contributed by atoms with E-state index in [1.165, 1.54) is 6.20 Å². The number of hydrogen-bond donors (Lipinski definition) is 2. The first-order chi connectivity index (χ1) is 15.8. The smallest absolute Gasteiger partial charge is 0.261 e. The number of amides is 2. The van der Waals surface area contributed by atoms with Crippen molar-refractivity contribution in [2.24, 2.45) is 5.73 Å². The number of nitrogens with zero attached hydrogens (tertiary/aromatic N) is 6. The van der Waals surface area contributed by atoms with E-state index in [-0.39, 0.29) is 24.0 Å². The number of nitrogens with one attached hydrogen (secondary N) is 1. The van der Waals surface area contributed by atoms with Crippen molar-refractivity contribution in [2.75, 3.05) is 42.9 Å². The zero-order valence-electron chi connectivity index (χ0n) is 18.6. The largest absolute Gasteiger partial charge is 0.471 e. The summed E-state index contributed by atoms with van der Waals surface area (Å²) in [5.74, 6) is 0.579. The standard InChI is InChI=1S/C22H26N8O3/c1-22(2)11-14-10-16(26-20(32)15-12-25-30-5-3-4-24-18(15)30)19(27-21(14)33-22)29-8-6-28(7-9-29)13-17(23)31/h3-5,10,12H,6-9,11,13H2,1-2H3,(H2,23,31)(H,26,32). The van der Waals surface area contributed by atoms with Crippen LogP contribution in [0, 0.1) is 0 Å². The maximum Gasteiger partial charge on any atom is 0.261 e. The van der Waals surface area contributed by atoms with Crippen LogP contribution in [-0.2, 0) is 11.2 Å². The number of anilines is 2. The van der Waals surface area contributed by atoms with Crippen LogP contribution in [0.2, 0.25) is 0 Å². The summed E-state index contributed by atoms with van der Waals surface area (Å²) in [6.45, 7) is 6.87. The lowest BCUT2D eigenvalue weighted by Gasteiger charge is -2.35. The van der Waals surface area contributed by atoms with E-state index in [1.54, 1.807) is 23.0 Å². The fourth-order valence-electron chi connectivity index (χ4n) is 4.35. The lowest BCUT2D eigenvalue weighted by Crippen LogP contribution is -2.49. The van der Waals surface area contributed by atoms with E-state index in [1.807, 2.05) is 24.8 Å². The maximum absolute atomic E-state index is 13.2. The quantitative estimate of drug-likeness (QED) is 0.581. The summed E-state index contributed by atoms with van der Waals surface area (Å²) < 4.78 is 7.60. The third-order valence-corrected chi connectivity index (χ3v) is 5.85. The highest BCUT2D eigenvalue weighted by Crippen LogP contribution is 2.39. The summed E-state index contributed by atoms with van der Waals surface area (Å²) in [5, 5.41) is 7.23. The van der Waals surface area contributed by atoms with Crippen LogP contribution in [0.5, 0.6) is 5.88 Å². The molecule has 0 aromatic carbocycles. The zero-order valence-corrected chi connectivity index (χ0v) is 18.6. The Morgan fingerprint density at radius 1 is 1.24 bits per heavy atom. The highest BCUT2D eigenvalue weighted by molar-refractivity contribution is 6.09. The second-order valence-corrected chi connectivity index (χ2v) is 8.99. The molecule has 172 valence electrons. The second-order valence-electron chi connectivity index (χ2n) is 8.99. The lowest BCUT2D eigenvalue weighted by molar-refractivity contribution is -0.119. The fraction of sp³-hybridized carbons (Fsp3) is 0.409. The summed E-state index contributed by atoms with van der Waals surface area (Å²) in [6.07, 6.45) is 5.57. The molecule has 2 amide bonds. The first kappa shape index (κ1) is 21.1. The number of piperazine rings is 1. The van der Waals surface area contributed by atoms with Crippen molar-refractivity contribution in [2.45, 2.75) is 25.9 Å². The molecular formula is C22H26N8O3. The lowest BCUT2D eigenvalue weighted by atomic mass is 10.0. The molecule has 0 saturated carbocycles. The van der Waals surface area contributed by atoms with Gasteiger partial charge in [-0.25, -0.2) is 9.50 Å². The van der Waals surface area contributed by atoms with Gasteiger partial charge in [-0.05, 0) is 26.0 Å². The highest BCUT2D eigenvalue weighted by Gasteiger charge is 2.34. The number of ether oxygens (including phenoxy) is 1. The molecule has 0 aliphatic carbocycles. The summed E-state index contributed by atoms with van der Waals surface area (Å²) in [6, 6.07) is 3.70. The molecule has 5 heterocycles. The number of fused-ring (bicyclic) bond motifs is 2. The van der Waals surface area contributed by atoms with E-state index in [9.17, 15) is 9.59 Å². The van der Waals surface area contributed by atoms with Crippen LogP contribution in [0.3, 0.4) is 0 Å². The van der Waals surface area contributed by atoms with Gasteiger partial charge in [0, 0.05) is 50.6 Å². The van der Waals surface area contributed by atoms with Crippen LogP contribution in [0.1, 0.15) is 29.8 Å². The molecule has 33 heavy (non-hydrogen) atoms. The number of primary amides is 1. The average molecular weight is 451 g/mol. The van der Waals surface area contributed by atoms with Gasteiger partial charge >= 0.3 is 0 Å². The van der Waals surface area contributed by atoms with Crippen molar-refractivity contribution in [1.29, 1.82) is 0 Å². The van der Waals surface area contributed by atoms with Crippen molar-refractivity contribution in [3.63, 3.8) is 0 Å². The molecule has 1 saturated heterocycles. The van der Waals surface area contributed by atoms with E-state index in [4.69, 9.17) is 15.5 Å². The first-order valence-electron chi connectivity index (χ1n) is 10.9. The Morgan fingerprint density at radius 3 is 2.79 bits per heavy atom. The van der Waals surface area contributed by atoms with Gasteiger partial charge in [0.25, 0.3) is 5.91 Å². The topological polar surface area (TPSA) is 131 Å².